The van der Waals surface area contributed by atoms with Crippen molar-refractivity contribution in [3.8, 4) is 0 Å². The van der Waals surface area contributed by atoms with E-state index in [1.165, 1.54) is 13.2 Å². The van der Waals surface area contributed by atoms with Gasteiger partial charge in [0.05, 0.1) is 13.5 Å². The number of aliphatic hydroxyl groups is 1. The molecule has 2 rings (SSSR count). The smallest absolute Gasteiger partial charge is 0.306 e. The van der Waals surface area contributed by atoms with Gasteiger partial charge in [-0.05, 0) is 12.3 Å². The van der Waals surface area contributed by atoms with Gasteiger partial charge < -0.3 is 9.84 Å². The van der Waals surface area contributed by atoms with Crippen molar-refractivity contribution in [1.82, 2.24) is 0 Å². The fraction of sp³-hybridized carbons (Fsp3) is 0.389. The molecule has 0 amide bonds. The van der Waals surface area contributed by atoms with Gasteiger partial charge in [0.15, 0.2) is 0 Å². The summed E-state index contributed by atoms with van der Waals surface area (Å²) < 4.78 is 4.68. The molecular formula is C18H20O5. The van der Waals surface area contributed by atoms with E-state index < -0.39 is 23.5 Å². The number of hydrogen-bond acceptors (Lipinski definition) is 5. The van der Waals surface area contributed by atoms with Gasteiger partial charge in [0, 0.05) is 22.6 Å². The molecule has 1 aromatic rings. The minimum Gasteiger partial charge on any atom is -0.507 e. The maximum atomic E-state index is 12.5. The van der Waals surface area contributed by atoms with E-state index >= 15 is 0 Å². The Bertz CT molecular complexity index is 684. The van der Waals surface area contributed by atoms with Crippen LogP contribution in [0.4, 0.5) is 0 Å². The number of ether oxygens (including phenoxy) is 1. The van der Waals surface area contributed by atoms with E-state index in [0.717, 1.165) is 0 Å². The largest absolute Gasteiger partial charge is 0.507 e. The molecule has 1 atom stereocenters. The fourth-order valence-corrected chi connectivity index (χ4v) is 2.92. The molecule has 5 nitrogen and oxygen atoms in total. The van der Waals surface area contributed by atoms with Crippen LogP contribution in [0, 0.1) is 11.8 Å². The molecule has 0 spiro atoms. The SMILES string of the molecule is COC(=O)C[C@H](CC(C)C)C1=C(O)c2ccccc2C(=O)C1=O. The first kappa shape index (κ1) is 16.9. The number of benzene rings is 1. The maximum absolute atomic E-state index is 12.5. The lowest BCUT2D eigenvalue weighted by molar-refractivity contribution is -0.141. The van der Waals surface area contributed by atoms with Crippen molar-refractivity contribution in [3.05, 3.63) is 41.0 Å². The number of hydrogen-bond donors (Lipinski definition) is 1. The zero-order valence-corrected chi connectivity index (χ0v) is 13.5. The van der Waals surface area contributed by atoms with Crippen LogP contribution in [-0.4, -0.2) is 29.8 Å². The topological polar surface area (TPSA) is 80.7 Å². The van der Waals surface area contributed by atoms with E-state index in [9.17, 15) is 19.5 Å². The minimum absolute atomic E-state index is 0.0211. The van der Waals surface area contributed by atoms with Crippen molar-refractivity contribution in [1.29, 1.82) is 0 Å². The molecule has 5 heteroatoms. The Morgan fingerprint density at radius 3 is 2.30 bits per heavy atom. The predicted octanol–water partition coefficient (Wildman–Crippen LogP) is 2.95. The molecule has 0 heterocycles. The van der Waals surface area contributed by atoms with E-state index in [-0.39, 0.29) is 29.2 Å². The summed E-state index contributed by atoms with van der Waals surface area (Å²) in [6.07, 6.45) is 0.449. The summed E-state index contributed by atoms with van der Waals surface area (Å²) in [6, 6.07) is 6.44. The molecule has 0 aliphatic heterocycles. The molecule has 1 N–H and O–H groups in total. The second-order valence-electron chi connectivity index (χ2n) is 6.07. The zero-order chi connectivity index (χ0) is 17.1. The number of ketones is 2. The quantitative estimate of drug-likeness (QED) is 0.667. The van der Waals surface area contributed by atoms with Crippen molar-refractivity contribution < 1.29 is 24.2 Å². The molecule has 1 aliphatic carbocycles. The Hall–Kier alpha value is -2.43. The third-order valence-corrected chi connectivity index (χ3v) is 3.94. The average Bonchev–Trinajstić information content (AvgIpc) is 2.52. The number of allylic oxidation sites excluding steroid dienone is 1. The zero-order valence-electron chi connectivity index (χ0n) is 13.5. The molecule has 1 aromatic carbocycles. The summed E-state index contributed by atoms with van der Waals surface area (Å²) in [4.78, 5) is 36.4. The van der Waals surface area contributed by atoms with Gasteiger partial charge >= 0.3 is 5.97 Å². The van der Waals surface area contributed by atoms with E-state index in [2.05, 4.69) is 4.74 Å². The normalized spacial score (nSPS) is 15.7. The van der Waals surface area contributed by atoms with Crippen LogP contribution in [0.1, 0.15) is 42.6 Å². The van der Waals surface area contributed by atoms with E-state index in [1.54, 1.807) is 18.2 Å². The monoisotopic (exact) mass is 316 g/mol. The van der Waals surface area contributed by atoms with Crippen molar-refractivity contribution in [2.75, 3.05) is 7.11 Å². The third kappa shape index (κ3) is 3.33. The van der Waals surface area contributed by atoms with Crippen molar-refractivity contribution in [2.45, 2.75) is 26.7 Å². The highest BCUT2D eigenvalue weighted by atomic mass is 16.5. The Morgan fingerprint density at radius 2 is 1.74 bits per heavy atom. The highest BCUT2D eigenvalue weighted by Crippen LogP contribution is 2.35. The molecule has 122 valence electrons. The van der Waals surface area contributed by atoms with Crippen molar-refractivity contribution in [2.24, 2.45) is 11.8 Å². The molecule has 0 unspecified atom stereocenters. The average molecular weight is 316 g/mol. The lowest BCUT2D eigenvalue weighted by atomic mass is 9.78. The van der Waals surface area contributed by atoms with Gasteiger partial charge in [0.2, 0.25) is 11.6 Å². The molecule has 0 fully saturated rings. The lowest BCUT2D eigenvalue weighted by Gasteiger charge is -2.25. The van der Waals surface area contributed by atoms with E-state index in [4.69, 9.17) is 0 Å². The first-order valence-corrected chi connectivity index (χ1v) is 7.55. The second-order valence-corrected chi connectivity index (χ2v) is 6.07. The van der Waals surface area contributed by atoms with Crippen LogP contribution in [-0.2, 0) is 14.3 Å². The number of aliphatic hydroxyl groups excluding tert-OH is 1. The highest BCUT2D eigenvalue weighted by Gasteiger charge is 2.37. The fourth-order valence-electron chi connectivity index (χ4n) is 2.92. The molecule has 0 saturated heterocycles. The standard InChI is InChI=1S/C18H20O5/c1-10(2)8-11(9-14(19)23-3)15-16(20)12-6-4-5-7-13(12)17(21)18(15)22/h4-7,10-11,20H,8-9H2,1-3H3/t11-/m0/s1. The third-order valence-electron chi connectivity index (χ3n) is 3.94. The number of carbonyl (C=O) groups is 3. The van der Waals surface area contributed by atoms with Gasteiger partial charge in [-0.2, -0.15) is 0 Å². The van der Waals surface area contributed by atoms with Crippen LogP contribution in [0.2, 0.25) is 0 Å². The Morgan fingerprint density at radius 1 is 1.13 bits per heavy atom. The summed E-state index contributed by atoms with van der Waals surface area (Å²) in [5, 5.41) is 10.5. The molecule has 1 aliphatic rings. The minimum atomic E-state index is -0.740. The van der Waals surface area contributed by atoms with Crippen molar-refractivity contribution in [3.63, 3.8) is 0 Å². The van der Waals surface area contributed by atoms with Crippen LogP contribution in [0.3, 0.4) is 0 Å². The van der Waals surface area contributed by atoms with E-state index in [0.29, 0.717) is 12.0 Å². The number of carbonyl (C=O) groups excluding carboxylic acids is 3. The number of methoxy groups -OCH3 is 1. The number of Topliss-reactive ketones (excluding diaryl/α,β-unsaturated/α-hetero) is 2. The van der Waals surface area contributed by atoms with Gasteiger partial charge in [-0.1, -0.05) is 38.1 Å². The number of rotatable bonds is 5. The molecule has 0 aromatic heterocycles. The molecule has 23 heavy (non-hydrogen) atoms. The van der Waals surface area contributed by atoms with Crippen LogP contribution < -0.4 is 0 Å². The predicted molar refractivity (Wildman–Crippen MR) is 84.9 cm³/mol. The number of esters is 1. The summed E-state index contributed by atoms with van der Waals surface area (Å²) >= 11 is 0. The highest BCUT2D eigenvalue weighted by molar-refractivity contribution is 6.52. The molecule has 0 bridgehead atoms. The second kappa shape index (κ2) is 6.77. The van der Waals surface area contributed by atoms with E-state index in [1.807, 2.05) is 13.8 Å². The van der Waals surface area contributed by atoms with Crippen LogP contribution in [0.5, 0.6) is 0 Å². The first-order valence-electron chi connectivity index (χ1n) is 7.55. The van der Waals surface area contributed by atoms with Crippen molar-refractivity contribution >= 4 is 23.3 Å². The summed E-state index contributed by atoms with van der Waals surface area (Å²) in [7, 11) is 1.27. The molecule has 0 saturated carbocycles. The van der Waals surface area contributed by atoms with Crippen LogP contribution in [0.15, 0.2) is 29.8 Å². The lowest BCUT2D eigenvalue weighted by Crippen LogP contribution is -2.30. The molecular weight excluding hydrogens is 296 g/mol. The molecule has 0 radical (unpaired) electrons. The summed E-state index contributed by atoms with van der Waals surface area (Å²) in [5.74, 6) is -2.44. The van der Waals surface area contributed by atoms with Crippen LogP contribution in [0.25, 0.3) is 5.76 Å². The summed E-state index contributed by atoms with van der Waals surface area (Å²) in [6.45, 7) is 3.90. The van der Waals surface area contributed by atoms with Gasteiger partial charge in [-0.3, -0.25) is 14.4 Å². The Kier molecular flexibility index (Phi) is 4.98. The summed E-state index contributed by atoms with van der Waals surface area (Å²) in [5.41, 5.74) is 0.554. The number of fused-ring (bicyclic) bond motifs is 1. The Labute approximate surface area is 135 Å². The van der Waals surface area contributed by atoms with Gasteiger partial charge in [0.1, 0.15) is 5.76 Å². The Balaban J connectivity index is 2.54. The first-order chi connectivity index (χ1) is 10.9. The maximum Gasteiger partial charge on any atom is 0.306 e. The van der Waals surface area contributed by atoms with Gasteiger partial charge in [-0.25, -0.2) is 0 Å². The van der Waals surface area contributed by atoms with Gasteiger partial charge in [-0.15, -0.1) is 0 Å². The van der Waals surface area contributed by atoms with Crippen LogP contribution >= 0.6 is 0 Å². The van der Waals surface area contributed by atoms with Gasteiger partial charge in [0.25, 0.3) is 0 Å².